The third kappa shape index (κ3) is 4.30. The lowest BCUT2D eigenvalue weighted by Crippen LogP contribution is -1.90. The second kappa shape index (κ2) is 5.28. The SMILES string of the molecule is C/C=C/C(=O)CCI. The molecule has 46 valence electrons. The maximum atomic E-state index is 10.6. The molecule has 1 nitrogen and oxygen atoms in total. The number of carbonyl (C=O) groups is 1. The first-order chi connectivity index (χ1) is 3.81. The number of ketones is 1. The van der Waals surface area contributed by atoms with E-state index in [2.05, 4.69) is 22.6 Å². The minimum Gasteiger partial charge on any atom is -0.295 e. The first kappa shape index (κ1) is 8.14. The van der Waals surface area contributed by atoms with Gasteiger partial charge in [-0.1, -0.05) is 28.7 Å². The number of halogens is 1. The van der Waals surface area contributed by atoms with Crippen LogP contribution in [0.3, 0.4) is 0 Å². The summed E-state index contributed by atoms with van der Waals surface area (Å²) in [4.78, 5) is 10.6. The van der Waals surface area contributed by atoms with E-state index in [9.17, 15) is 4.79 Å². The van der Waals surface area contributed by atoms with Gasteiger partial charge in [-0.05, 0) is 13.0 Å². The van der Waals surface area contributed by atoms with Gasteiger partial charge in [-0.3, -0.25) is 4.79 Å². The highest BCUT2D eigenvalue weighted by molar-refractivity contribution is 14.1. The van der Waals surface area contributed by atoms with Gasteiger partial charge in [-0.25, -0.2) is 0 Å². The molecule has 0 N–H and O–H groups in total. The summed E-state index contributed by atoms with van der Waals surface area (Å²) in [6, 6.07) is 0. The third-order valence-electron chi connectivity index (χ3n) is 0.693. The normalized spacial score (nSPS) is 10.2. The number of alkyl halides is 1. The standard InChI is InChI=1S/C6H9IO/c1-2-3-6(8)4-5-7/h2-3H,4-5H2,1H3/b3-2+. The van der Waals surface area contributed by atoms with Crippen molar-refractivity contribution in [1.29, 1.82) is 0 Å². The van der Waals surface area contributed by atoms with Crippen molar-refractivity contribution in [2.24, 2.45) is 0 Å². The lowest BCUT2D eigenvalue weighted by Gasteiger charge is -1.83. The molecule has 0 aromatic rings. The Morgan fingerprint density at radius 3 is 2.75 bits per heavy atom. The van der Waals surface area contributed by atoms with Crippen LogP contribution in [0.5, 0.6) is 0 Å². The van der Waals surface area contributed by atoms with Crippen molar-refractivity contribution in [1.82, 2.24) is 0 Å². The van der Waals surface area contributed by atoms with E-state index in [1.807, 2.05) is 6.92 Å². The van der Waals surface area contributed by atoms with E-state index in [1.54, 1.807) is 12.2 Å². The summed E-state index contributed by atoms with van der Waals surface area (Å²) >= 11 is 2.19. The summed E-state index contributed by atoms with van der Waals surface area (Å²) in [7, 11) is 0. The highest BCUT2D eigenvalue weighted by Crippen LogP contribution is 1.90. The number of allylic oxidation sites excluding steroid dienone is 2. The minimum absolute atomic E-state index is 0.224. The molecule has 0 aromatic heterocycles. The van der Waals surface area contributed by atoms with E-state index in [0.717, 1.165) is 4.43 Å². The number of hydrogen-bond acceptors (Lipinski definition) is 1. The van der Waals surface area contributed by atoms with Gasteiger partial charge in [-0.15, -0.1) is 0 Å². The van der Waals surface area contributed by atoms with Gasteiger partial charge in [0.25, 0.3) is 0 Å². The highest BCUT2D eigenvalue weighted by atomic mass is 127. The van der Waals surface area contributed by atoms with Crippen molar-refractivity contribution in [3.05, 3.63) is 12.2 Å². The molecule has 2 heteroatoms. The Kier molecular flexibility index (Phi) is 5.37. The second-order valence-corrected chi connectivity index (χ2v) is 2.48. The predicted octanol–water partition coefficient (Wildman–Crippen LogP) is 1.96. The van der Waals surface area contributed by atoms with Crippen LogP contribution in [-0.2, 0) is 4.79 Å². The Bertz CT molecular complexity index is 96.7. The van der Waals surface area contributed by atoms with Crippen LogP contribution in [0.2, 0.25) is 0 Å². The average molecular weight is 224 g/mol. The molecule has 0 heterocycles. The maximum absolute atomic E-state index is 10.6. The molecule has 0 atom stereocenters. The number of carbonyl (C=O) groups excluding carboxylic acids is 1. The fourth-order valence-corrected chi connectivity index (χ4v) is 0.894. The molecule has 0 bridgehead atoms. The zero-order valence-corrected chi connectivity index (χ0v) is 7.01. The summed E-state index contributed by atoms with van der Waals surface area (Å²) in [5.41, 5.74) is 0. The van der Waals surface area contributed by atoms with Gasteiger partial charge in [0.05, 0.1) is 0 Å². The number of rotatable bonds is 3. The first-order valence-electron chi connectivity index (χ1n) is 2.52. The van der Waals surface area contributed by atoms with Crippen LogP contribution >= 0.6 is 22.6 Å². The maximum Gasteiger partial charge on any atom is 0.156 e. The van der Waals surface area contributed by atoms with Gasteiger partial charge in [-0.2, -0.15) is 0 Å². The molecule has 0 aliphatic heterocycles. The smallest absolute Gasteiger partial charge is 0.156 e. The molecule has 0 aliphatic rings. The van der Waals surface area contributed by atoms with Crippen molar-refractivity contribution < 1.29 is 4.79 Å². The second-order valence-electron chi connectivity index (χ2n) is 1.41. The summed E-state index contributed by atoms with van der Waals surface area (Å²) in [6.07, 6.45) is 4.05. The van der Waals surface area contributed by atoms with E-state index >= 15 is 0 Å². The Hall–Kier alpha value is 0.140. The Morgan fingerprint density at radius 1 is 1.75 bits per heavy atom. The van der Waals surface area contributed by atoms with Crippen LogP contribution in [-0.4, -0.2) is 10.2 Å². The lowest BCUT2D eigenvalue weighted by molar-refractivity contribution is -0.114. The zero-order chi connectivity index (χ0) is 6.41. The highest BCUT2D eigenvalue weighted by Gasteiger charge is 1.89. The van der Waals surface area contributed by atoms with Gasteiger partial charge in [0, 0.05) is 10.8 Å². The van der Waals surface area contributed by atoms with Gasteiger partial charge in [0.15, 0.2) is 5.78 Å². The summed E-state index contributed by atoms with van der Waals surface area (Å²) in [5, 5.41) is 0. The zero-order valence-electron chi connectivity index (χ0n) is 4.86. The van der Waals surface area contributed by atoms with E-state index in [-0.39, 0.29) is 5.78 Å². The summed E-state index contributed by atoms with van der Waals surface area (Å²) < 4.78 is 0.918. The van der Waals surface area contributed by atoms with Crippen molar-refractivity contribution in [2.45, 2.75) is 13.3 Å². The Labute approximate surface area is 63.3 Å². The van der Waals surface area contributed by atoms with Crippen LogP contribution in [0.4, 0.5) is 0 Å². The molecule has 8 heavy (non-hydrogen) atoms. The molecule has 0 fully saturated rings. The van der Waals surface area contributed by atoms with Crippen LogP contribution < -0.4 is 0 Å². The first-order valence-corrected chi connectivity index (χ1v) is 4.05. The predicted molar refractivity (Wildman–Crippen MR) is 43.3 cm³/mol. The van der Waals surface area contributed by atoms with Crippen LogP contribution in [0.15, 0.2) is 12.2 Å². The summed E-state index contributed by atoms with van der Waals surface area (Å²) in [6.45, 7) is 1.85. The molecule has 0 aromatic carbocycles. The lowest BCUT2D eigenvalue weighted by atomic mass is 10.3. The fraction of sp³-hybridized carbons (Fsp3) is 0.500. The van der Waals surface area contributed by atoms with E-state index in [1.165, 1.54) is 0 Å². The molecule has 0 saturated heterocycles. The third-order valence-corrected chi connectivity index (χ3v) is 1.23. The molecule has 0 amide bonds. The van der Waals surface area contributed by atoms with Crippen molar-refractivity contribution in [3.8, 4) is 0 Å². The van der Waals surface area contributed by atoms with Crippen LogP contribution in [0, 0.1) is 0 Å². The summed E-state index contributed by atoms with van der Waals surface area (Å²) in [5.74, 6) is 0.224. The Morgan fingerprint density at radius 2 is 2.38 bits per heavy atom. The molecule has 0 saturated carbocycles. The van der Waals surface area contributed by atoms with Gasteiger partial charge >= 0.3 is 0 Å². The Balaban J connectivity index is 3.33. The van der Waals surface area contributed by atoms with Gasteiger partial charge in [0.1, 0.15) is 0 Å². The van der Waals surface area contributed by atoms with Crippen molar-refractivity contribution >= 4 is 28.4 Å². The quantitative estimate of drug-likeness (QED) is 0.406. The minimum atomic E-state index is 0.224. The molecule has 0 spiro atoms. The average Bonchev–Trinajstić information content (AvgIpc) is 1.68. The number of hydrogen-bond donors (Lipinski definition) is 0. The van der Waals surface area contributed by atoms with E-state index < -0.39 is 0 Å². The topological polar surface area (TPSA) is 17.1 Å². The molecular weight excluding hydrogens is 215 g/mol. The molecule has 0 radical (unpaired) electrons. The molecule has 0 aliphatic carbocycles. The molecule has 0 rings (SSSR count). The molecule has 0 unspecified atom stereocenters. The van der Waals surface area contributed by atoms with Crippen LogP contribution in [0.1, 0.15) is 13.3 Å². The largest absolute Gasteiger partial charge is 0.295 e. The van der Waals surface area contributed by atoms with Crippen molar-refractivity contribution in [2.75, 3.05) is 4.43 Å². The molecular formula is C6H9IO. The van der Waals surface area contributed by atoms with Gasteiger partial charge < -0.3 is 0 Å². The van der Waals surface area contributed by atoms with E-state index in [4.69, 9.17) is 0 Å². The van der Waals surface area contributed by atoms with Crippen molar-refractivity contribution in [3.63, 3.8) is 0 Å². The van der Waals surface area contributed by atoms with E-state index in [0.29, 0.717) is 6.42 Å². The van der Waals surface area contributed by atoms with Crippen LogP contribution in [0.25, 0.3) is 0 Å². The fourth-order valence-electron chi connectivity index (χ4n) is 0.362. The monoisotopic (exact) mass is 224 g/mol. The van der Waals surface area contributed by atoms with Gasteiger partial charge in [0.2, 0.25) is 0 Å².